The van der Waals surface area contributed by atoms with Gasteiger partial charge in [-0.2, -0.15) is 0 Å². The number of hydrogen-bond donors (Lipinski definition) is 1. The fraction of sp³-hybridized carbons (Fsp3) is 0.824. The molecule has 2 aliphatic heterocycles. The molecule has 1 N–H and O–H groups in total. The number of imide groups is 1. The fourth-order valence-corrected chi connectivity index (χ4v) is 3.98. The molecule has 2 heterocycles. The van der Waals surface area contributed by atoms with E-state index in [1.807, 2.05) is 32.6 Å². The summed E-state index contributed by atoms with van der Waals surface area (Å²) in [4.78, 5) is 40.4. The lowest BCUT2D eigenvalue weighted by atomic mass is 9.91. The smallest absolute Gasteiger partial charge is 0.325 e. The van der Waals surface area contributed by atoms with E-state index in [4.69, 9.17) is 0 Å². The number of rotatable bonds is 4. The Labute approximate surface area is 138 Å². The molecule has 0 radical (unpaired) electrons. The number of urea groups is 1. The van der Waals surface area contributed by atoms with Gasteiger partial charge in [0.2, 0.25) is 5.91 Å². The van der Waals surface area contributed by atoms with Gasteiger partial charge in [0.1, 0.15) is 12.1 Å². The zero-order chi connectivity index (χ0) is 17.4. The maximum absolute atomic E-state index is 12.7. The van der Waals surface area contributed by atoms with Crippen LogP contribution in [-0.4, -0.2) is 51.8 Å². The van der Waals surface area contributed by atoms with Gasteiger partial charge in [-0.25, -0.2) is 4.79 Å². The Bertz CT molecular complexity index is 495. The molecule has 2 aliphatic rings. The van der Waals surface area contributed by atoms with E-state index in [1.165, 1.54) is 0 Å². The van der Waals surface area contributed by atoms with Gasteiger partial charge in [0.05, 0.1) is 0 Å². The fourth-order valence-electron chi connectivity index (χ4n) is 3.98. The van der Waals surface area contributed by atoms with Crippen LogP contribution in [0.1, 0.15) is 60.3 Å². The second-order valence-corrected chi connectivity index (χ2v) is 7.68. The number of likely N-dealkylation sites (tertiary alicyclic amines) is 1. The minimum Gasteiger partial charge on any atom is -0.336 e. The molecule has 0 aromatic heterocycles. The molecule has 0 bridgehead atoms. The van der Waals surface area contributed by atoms with E-state index in [-0.39, 0.29) is 36.4 Å². The molecule has 2 fully saturated rings. The highest BCUT2D eigenvalue weighted by atomic mass is 16.2. The van der Waals surface area contributed by atoms with E-state index < -0.39 is 11.6 Å². The SMILES string of the molecule is CC(C)C[C@@]1(C)NC(=O)N(CC(=O)N2[C@H](C)CCC[C@@H]2C)C1=O. The lowest BCUT2D eigenvalue weighted by Crippen LogP contribution is -2.52. The quantitative estimate of drug-likeness (QED) is 0.806. The van der Waals surface area contributed by atoms with Crippen molar-refractivity contribution in [2.24, 2.45) is 5.92 Å². The Morgan fingerprint density at radius 2 is 1.83 bits per heavy atom. The van der Waals surface area contributed by atoms with Crippen LogP contribution in [0.15, 0.2) is 0 Å². The first-order valence-corrected chi connectivity index (χ1v) is 8.61. The van der Waals surface area contributed by atoms with Crippen molar-refractivity contribution in [1.29, 1.82) is 0 Å². The van der Waals surface area contributed by atoms with Gasteiger partial charge in [0.25, 0.3) is 5.91 Å². The van der Waals surface area contributed by atoms with Crippen LogP contribution in [0, 0.1) is 5.92 Å². The van der Waals surface area contributed by atoms with Crippen molar-refractivity contribution in [2.75, 3.05) is 6.54 Å². The minimum absolute atomic E-state index is 0.137. The first kappa shape index (κ1) is 17.8. The number of piperidine rings is 1. The van der Waals surface area contributed by atoms with Crippen LogP contribution in [0.2, 0.25) is 0 Å². The summed E-state index contributed by atoms with van der Waals surface area (Å²) in [5, 5.41) is 2.76. The number of nitrogens with zero attached hydrogens (tertiary/aromatic N) is 2. The average molecular weight is 323 g/mol. The molecule has 4 amide bonds. The maximum atomic E-state index is 12.7. The van der Waals surface area contributed by atoms with Crippen LogP contribution in [-0.2, 0) is 9.59 Å². The number of hydrogen-bond acceptors (Lipinski definition) is 3. The topological polar surface area (TPSA) is 69.7 Å². The summed E-state index contributed by atoms with van der Waals surface area (Å²) in [5.41, 5.74) is -0.898. The van der Waals surface area contributed by atoms with Gasteiger partial charge in [-0.1, -0.05) is 13.8 Å². The Morgan fingerprint density at radius 1 is 1.26 bits per heavy atom. The van der Waals surface area contributed by atoms with Gasteiger partial charge in [0, 0.05) is 12.1 Å². The van der Waals surface area contributed by atoms with Crippen LogP contribution in [0.5, 0.6) is 0 Å². The summed E-state index contributed by atoms with van der Waals surface area (Å²) >= 11 is 0. The molecule has 6 heteroatoms. The van der Waals surface area contributed by atoms with Crippen molar-refractivity contribution < 1.29 is 14.4 Å². The van der Waals surface area contributed by atoms with Crippen molar-refractivity contribution in [3.63, 3.8) is 0 Å². The normalized spacial score (nSPS) is 31.7. The predicted octanol–water partition coefficient (Wildman–Crippen LogP) is 2.13. The summed E-state index contributed by atoms with van der Waals surface area (Å²) in [6.45, 7) is 9.66. The van der Waals surface area contributed by atoms with Crippen molar-refractivity contribution in [3.05, 3.63) is 0 Å². The highest BCUT2D eigenvalue weighted by molar-refractivity contribution is 6.08. The minimum atomic E-state index is -0.898. The third kappa shape index (κ3) is 3.51. The van der Waals surface area contributed by atoms with E-state index in [1.54, 1.807) is 6.92 Å². The zero-order valence-corrected chi connectivity index (χ0v) is 14.9. The average Bonchev–Trinajstić information content (AvgIpc) is 2.61. The molecule has 0 aliphatic carbocycles. The van der Waals surface area contributed by atoms with Crippen molar-refractivity contribution >= 4 is 17.8 Å². The summed E-state index contributed by atoms with van der Waals surface area (Å²) in [6, 6.07) is -0.132. The third-order valence-corrected chi connectivity index (χ3v) is 4.94. The highest BCUT2D eigenvalue weighted by Gasteiger charge is 2.49. The second-order valence-electron chi connectivity index (χ2n) is 7.68. The summed E-state index contributed by atoms with van der Waals surface area (Å²) < 4.78 is 0. The van der Waals surface area contributed by atoms with Crippen LogP contribution < -0.4 is 5.32 Å². The Balaban J connectivity index is 2.09. The standard InChI is InChI=1S/C17H29N3O3/c1-11(2)9-17(5)15(22)19(16(23)18-17)10-14(21)20-12(3)7-6-8-13(20)4/h11-13H,6-10H2,1-5H3,(H,18,23)/t12-,13+,17-/m1/s1. The van der Waals surface area contributed by atoms with Crippen LogP contribution >= 0.6 is 0 Å². The molecule has 3 atom stereocenters. The monoisotopic (exact) mass is 323 g/mol. The van der Waals surface area contributed by atoms with Crippen LogP contribution in [0.4, 0.5) is 4.79 Å². The molecule has 0 saturated carbocycles. The molecule has 23 heavy (non-hydrogen) atoms. The Kier molecular flexibility index (Phi) is 5.01. The first-order chi connectivity index (χ1) is 10.7. The molecule has 0 spiro atoms. The Morgan fingerprint density at radius 3 is 2.35 bits per heavy atom. The second kappa shape index (κ2) is 6.49. The molecule has 2 saturated heterocycles. The van der Waals surface area contributed by atoms with Gasteiger partial charge >= 0.3 is 6.03 Å². The van der Waals surface area contributed by atoms with Crippen molar-refractivity contribution in [2.45, 2.75) is 77.9 Å². The van der Waals surface area contributed by atoms with Gasteiger partial charge in [-0.3, -0.25) is 14.5 Å². The Hall–Kier alpha value is -1.59. The molecular formula is C17H29N3O3. The number of carbonyl (C=O) groups is 3. The molecular weight excluding hydrogens is 294 g/mol. The van der Waals surface area contributed by atoms with Crippen molar-refractivity contribution in [1.82, 2.24) is 15.1 Å². The largest absolute Gasteiger partial charge is 0.336 e. The van der Waals surface area contributed by atoms with E-state index in [9.17, 15) is 14.4 Å². The van der Waals surface area contributed by atoms with E-state index in [0.717, 1.165) is 24.2 Å². The third-order valence-electron chi connectivity index (χ3n) is 4.94. The number of nitrogens with one attached hydrogen (secondary N) is 1. The van der Waals surface area contributed by atoms with Gasteiger partial charge in [0.15, 0.2) is 0 Å². The first-order valence-electron chi connectivity index (χ1n) is 8.61. The maximum Gasteiger partial charge on any atom is 0.325 e. The lowest BCUT2D eigenvalue weighted by molar-refractivity contribution is -0.142. The molecule has 0 aromatic carbocycles. The summed E-state index contributed by atoms with van der Waals surface area (Å²) in [7, 11) is 0. The van der Waals surface area contributed by atoms with Gasteiger partial charge in [-0.05, 0) is 52.4 Å². The zero-order valence-electron chi connectivity index (χ0n) is 14.9. The molecule has 130 valence electrons. The summed E-state index contributed by atoms with van der Waals surface area (Å²) in [5.74, 6) is -0.147. The highest BCUT2D eigenvalue weighted by Crippen LogP contribution is 2.26. The number of amides is 4. The van der Waals surface area contributed by atoms with Crippen molar-refractivity contribution in [3.8, 4) is 0 Å². The molecule has 0 aromatic rings. The lowest BCUT2D eigenvalue weighted by Gasteiger charge is -2.39. The summed E-state index contributed by atoms with van der Waals surface area (Å²) in [6.07, 6.45) is 3.63. The van der Waals surface area contributed by atoms with Gasteiger partial charge in [-0.15, -0.1) is 0 Å². The van der Waals surface area contributed by atoms with Crippen LogP contribution in [0.25, 0.3) is 0 Å². The van der Waals surface area contributed by atoms with E-state index in [0.29, 0.717) is 6.42 Å². The predicted molar refractivity (Wildman–Crippen MR) is 87.7 cm³/mol. The molecule has 2 rings (SSSR count). The number of carbonyl (C=O) groups excluding carboxylic acids is 3. The van der Waals surface area contributed by atoms with Crippen LogP contribution in [0.3, 0.4) is 0 Å². The van der Waals surface area contributed by atoms with Gasteiger partial charge < -0.3 is 10.2 Å². The molecule has 6 nitrogen and oxygen atoms in total. The molecule has 0 unspecified atom stereocenters. The van der Waals surface area contributed by atoms with E-state index >= 15 is 0 Å². The van der Waals surface area contributed by atoms with E-state index in [2.05, 4.69) is 5.32 Å².